The lowest BCUT2D eigenvalue weighted by Crippen LogP contribution is -2.48. The summed E-state index contributed by atoms with van der Waals surface area (Å²) in [6, 6.07) is 7.13. The maximum atomic E-state index is 13.7. The van der Waals surface area contributed by atoms with E-state index in [9.17, 15) is 13.2 Å². The number of nitrogens with one attached hydrogen (secondary N) is 1. The maximum absolute atomic E-state index is 13.7. The molecule has 2 saturated heterocycles. The zero-order valence-corrected chi connectivity index (χ0v) is 24.5. The van der Waals surface area contributed by atoms with E-state index < -0.39 is 15.6 Å². The molecule has 0 spiro atoms. The predicted molar refractivity (Wildman–Crippen MR) is 155 cm³/mol. The summed E-state index contributed by atoms with van der Waals surface area (Å²) < 4.78 is 42.2. The van der Waals surface area contributed by atoms with Gasteiger partial charge in [-0.3, -0.25) is 14.5 Å². The SMILES string of the molecule is CCc1c2nc(-c3cc(S(=O)(=O)N4CCN(CC)CC4)cnc3O[C@H]3CCOC3)[nH]c(=O)c2nn1Cc1ccccn1. The number of sulfonamides is 1. The molecule has 4 aromatic rings. The van der Waals surface area contributed by atoms with Crippen LogP contribution in [0, 0.1) is 0 Å². The molecule has 0 bridgehead atoms. The molecule has 2 aliphatic rings. The first-order chi connectivity index (χ1) is 20.4. The second-order valence-corrected chi connectivity index (χ2v) is 12.3. The van der Waals surface area contributed by atoms with Crippen molar-refractivity contribution in [3.63, 3.8) is 0 Å². The van der Waals surface area contributed by atoms with E-state index in [1.54, 1.807) is 10.9 Å². The van der Waals surface area contributed by atoms with E-state index in [-0.39, 0.29) is 33.8 Å². The Bertz CT molecular complexity index is 1730. The second kappa shape index (κ2) is 11.9. The monoisotopic (exact) mass is 594 g/mol. The van der Waals surface area contributed by atoms with Crippen molar-refractivity contribution in [3.8, 4) is 17.3 Å². The van der Waals surface area contributed by atoms with Gasteiger partial charge in [-0.15, -0.1) is 0 Å². The first kappa shape index (κ1) is 28.4. The van der Waals surface area contributed by atoms with Crippen LogP contribution < -0.4 is 10.3 Å². The lowest BCUT2D eigenvalue weighted by molar-refractivity contribution is 0.138. The van der Waals surface area contributed by atoms with Crippen molar-refractivity contribution >= 4 is 21.1 Å². The van der Waals surface area contributed by atoms with E-state index in [4.69, 9.17) is 14.5 Å². The van der Waals surface area contributed by atoms with Crippen LogP contribution in [0.1, 0.15) is 31.7 Å². The summed E-state index contributed by atoms with van der Waals surface area (Å²) in [4.78, 5) is 32.0. The van der Waals surface area contributed by atoms with Crippen LogP contribution in [-0.4, -0.2) is 99.4 Å². The second-order valence-electron chi connectivity index (χ2n) is 10.4. The Labute approximate surface area is 243 Å². The Morgan fingerprint density at radius 3 is 2.64 bits per heavy atom. The number of aromatic nitrogens is 6. The normalized spacial score (nSPS) is 18.6. The Hall–Kier alpha value is -3.72. The fourth-order valence-corrected chi connectivity index (χ4v) is 6.75. The number of piperazine rings is 1. The van der Waals surface area contributed by atoms with Gasteiger partial charge >= 0.3 is 0 Å². The molecule has 42 heavy (non-hydrogen) atoms. The van der Waals surface area contributed by atoms with Gasteiger partial charge in [-0.2, -0.15) is 9.40 Å². The Morgan fingerprint density at radius 2 is 1.95 bits per heavy atom. The van der Waals surface area contributed by atoms with E-state index >= 15 is 0 Å². The third-order valence-electron chi connectivity index (χ3n) is 7.74. The maximum Gasteiger partial charge on any atom is 0.279 e. The third kappa shape index (κ3) is 5.54. The Kier molecular flexibility index (Phi) is 8.03. The summed E-state index contributed by atoms with van der Waals surface area (Å²) in [5.41, 5.74) is 2.04. The number of hydrogen-bond donors (Lipinski definition) is 1. The van der Waals surface area contributed by atoms with Crippen molar-refractivity contribution in [3.05, 3.63) is 58.4 Å². The van der Waals surface area contributed by atoms with Crippen molar-refractivity contribution in [1.29, 1.82) is 0 Å². The van der Waals surface area contributed by atoms with Crippen LogP contribution in [0.2, 0.25) is 0 Å². The van der Waals surface area contributed by atoms with Crippen LogP contribution in [0.5, 0.6) is 5.88 Å². The molecule has 0 amide bonds. The minimum atomic E-state index is -3.84. The van der Waals surface area contributed by atoms with Crippen LogP contribution >= 0.6 is 0 Å². The van der Waals surface area contributed by atoms with Crippen molar-refractivity contribution in [2.45, 2.75) is 44.2 Å². The topological polar surface area (TPSA) is 148 Å². The van der Waals surface area contributed by atoms with E-state index in [2.05, 4.69) is 31.9 Å². The highest BCUT2D eigenvalue weighted by Gasteiger charge is 2.31. The fraction of sp³-hybridized carbons (Fsp3) is 0.464. The molecule has 1 atom stereocenters. The van der Waals surface area contributed by atoms with Crippen molar-refractivity contribution < 1.29 is 17.9 Å². The van der Waals surface area contributed by atoms with E-state index in [1.807, 2.05) is 25.1 Å². The predicted octanol–water partition coefficient (Wildman–Crippen LogP) is 1.68. The summed E-state index contributed by atoms with van der Waals surface area (Å²) in [6.07, 6.45) is 4.02. The molecule has 2 aliphatic heterocycles. The van der Waals surface area contributed by atoms with Gasteiger partial charge in [0.2, 0.25) is 15.9 Å². The molecule has 0 unspecified atom stereocenters. The molecule has 13 nitrogen and oxygen atoms in total. The van der Waals surface area contributed by atoms with Crippen molar-refractivity contribution in [2.75, 3.05) is 45.9 Å². The zero-order chi connectivity index (χ0) is 29.3. The lowest BCUT2D eigenvalue weighted by Gasteiger charge is -2.33. The van der Waals surface area contributed by atoms with Gasteiger partial charge in [0.1, 0.15) is 22.3 Å². The van der Waals surface area contributed by atoms with Gasteiger partial charge in [0.15, 0.2) is 5.52 Å². The molecule has 0 aliphatic carbocycles. The largest absolute Gasteiger partial charge is 0.471 e. The molecular weight excluding hydrogens is 560 g/mol. The van der Waals surface area contributed by atoms with Crippen LogP contribution in [0.3, 0.4) is 0 Å². The molecule has 0 saturated carbocycles. The van der Waals surface area contributed by atoms with Gasteiger partial charge in [-0.05, 0) is 31.2 Å². The highest BCUT2D eigenvalue weighted by molar-refractivity contribution is 7.89. The molecular formula is C28H34N8O5S. The van der Waals surface area contributed by atoms with Crippen LogP contribution in [0.15, 0.2) is 46.3 Å². The molecule has 1 N–H and O–H groups in total. The number of aromatic amines is 1. The molecule has 6 rings (SSSR count). The highest BCUT2D eigenvalue weighted by atomic mass is 32.2. The van der Waals surface area contributed by atoms with Gasteiger partial charge in [0.05, 0.1) is 42.9 Å². The van der Waals surface area contributed by atoms with Gasteiger partial charge in [0, 0.05) is 38.8 Å². The van der Waals surface area contributed by atoms with Crippen molar-refractivity contribution in [2.24, 2.45) is 0 Å². The quantitative estimate of drug-likeness (QED) is 0.303. The first-order valence-corrected chi connectivity index (χ1v) is 15.7. The average molecular weight is 595 g/mol. The third-order valence-corrected chi connectivity index (χ3v) is 9.60. The molecule has 4 aromatic heterocycles. The summed E-state index contributed by atoms with van der Waals surface area (Å²) in [5.74, 6) is 0.343. The highest BCUT2D eigenvalue weighted by Crippen LogP contribution is 2.32. The number of pyridine rings is 2. The Balaban J connectivity index is 1.43. The minimum absolute atomic E-state index is 0.0155. The zero-order valence-electron chi connectivity index (χ0n) is 23.7. The van der Waals surface area contributed by atoms with Gasteiger partial charge in [-0.1, -0.05) is 19.9 Å². The summed E-state index contributed by atoms with van der Waals surface area (Å²) in [5, 5.41) is 4.55. The number of aryl methyl sites for hydroxylation is 1. The summed E-state index contributed by atoms with van der Waals surface area (Å²) >= 11 is 0. The molecule has 6 heterocycles. The number of fused-ring (bicyclic) bond motifs is 1. The lowest BCUT2D eigenvalue weighted by atomic mass is 10.2. The smallest absolute Gasteiger partial charge is 0.279 e. The van der Waals surface area contributed by atoms with E-state index in [0.29, 0.717) is 64.3 Å². The number of rotatable bonds is 9. The molecule has 0 radical (unpaired) electrons. The number of ether oxygens (including phenoxy) is 2. The number of nitrogens with zero attached hydrogens (tertiary/aromatic N) is 7. The van der Waals surface area contributed by atoms with E-state index in [1.165, 1.54) is 16.6 Å². The molecule has 222 valence electrons. The van der Waals surface area contributed by atoms with Gasteiger partial charge in [0.25, 0.3) is 5.56 Å². The molecule has 0 aromatic carbocycles. The summed E-state index contributed by atoms with van der Waals surface area (Å²) in [6.45, 7) is 8.33. The van der Waals surface area contributed by atoms with Crippen molar-refractivity contribution in [1.82, 2.24) is 38.9 Å². The van der Waals surface area contributed by atoms with Gasteiger partial charge in [-0.25, -0.2) is 18.4 Å². The number of H-pyrrole nitrogens is 1. The first-order valence-electron chi connectivity index (χ1n) is 14.2. The van der Waals surface area contributed by atoms with E-state index in [0.717, 1.165) is 17.9 Å². The number of hydrogen-bond acceptors (Lipinski definition) is 10. The fourth-order valence-electron chi connectivity index (χ4n) is 5.35. The minimum Gasteiger partial charge on any atom is -0.471 e. The average Bonchev–Trinajstić information content (AvgIpc) is 3.65. The molecule has 2 fully saturated rings. The Morgan fingerprint density at radius 1 is 1.12 bits per heavy atom. The standard InChI is InChI=1S/C28H34N8O5S/c1-3-23-24-25(33-36(23)17-19-7-5-6-9-29-19)27(37)32-26(31-24)22-15-21(16-30-28(22)41-20-8-14-40-18-20)42(38,39)35-12-10-34(4-2)11-13-35/h5-7,9,15-16,20H,3-4,8,10-14,17-18H2,1-2H3,(H,31,32,37)/t20-/m0/s1. The van der Waals surface area contributed by atoms with Crippen LogP contribution in [-0.2, 0) is 27.7 Å². The summed E-state index contributed by atoms with van der Waals surface area (Å²) in [7, 11) is -3.84. The van der Waals surface area contributed by atoms with Crippen LogP contribution in [0.4, 0.5) is 0 Å². The van der Waals surface area contributed by atoms with Crippen LogP contribution in [0.25, 0.3) is 22.4 Å². The molecule has 14 heteroatoms. The number of likely N-dealkylation sites (N-methyl/N-ethyl adjacent to an activating group) is 1. The van der Waals surface area contributed by atoms with Gasteiger partial charge < -0.3 is 19.4 Å².